The molecule has 0 radical (unpaired) electrons. The van der Waals surface area contributed by atoms with Gasteiger partial charge >= 0.3 is 0 Å². The topological polar surface area (TPSA) is 38.8 Å². The molecule has 132 valence electrons. The number of hydrogen-bond donors (Lipinski definition) is 0. The standard InChI is InChI=1S/C19H19BrClNO3/c1-11(12-4-6-13(21)7-5-12)22-9-14-18(15(22)10-23)16(24-2)8-17(25-3)19(14)20/h4-8,10-11,15H,9H2,1-3H3. The lowest BCUT2D eigenvalue weighted by molar-refractivity contribution is -0.113. The lowest BCUT2D eigenvalue weighted by Crippen LogP contribution is -2.26. The summed E-state index contributed by atoms with van der Waals surface area (Å²) < 4.78 is 11.8. The first kappa shape index (κ1) is 18.2. The molecule has 2 aromatic rings. The minimum atomic E-state index is -0.377. The number of nitrogens with zero attached hydrogens (tertiary/aromatic N) is 1. The quantitative estimate of drug-likeness (QED) is 0.638. The van der Waals surface area contributed by atoms with Crippen molar-refractivity contribution >= 4 is 33.8 Å². The van der Waals surface area contributed by atoms with E-state index in [4.69, 9.17) is 21.1 Å². The van der Waals surface area contributed by atoms with Crippen LogP contribution in [0.3, 0.4) is 0 Å². The molecule has 4 nitrogen and oxygen atoms in total. The Morgan fingerprint density at radius 3 is 2.44 bits per heavy atom. The Labute approximate surface area is 160 Å². The largest absolute Gasteiger partial charge is 0.496 e. The molecule has 1 aliphatic rings. The maximum Gasteiger partial charge on any atom is 0.141 e. The molecule has 0 bridgehead atoms. The third kappa shape index (κ3) is 3.16. The molecule has 25 heavy (non-hydrogen) atoms. The molecule has 1 heterocycles. The Balaban J connectivity index is 2.05. The van der Waals surface area contributed by atoms with E-state index in [1.54, 1.807) is 14.2 Å². The van der Waals surface area contributed by atoms with Crippen molar-refractivity contribution in [3.05, 3.63) is 56.5 Å². The van der Waals surface area contributed by atoms with Crippen LogP contribution in [-0.2, 0) is 11.3 Å². The number of ether oxygens (including phenoxy) is 2. The van der Waals surface area contributed by atoms with Gasteiger partial charge in [-0.25, -0.2) is 0 Å². The van der Waals surface area contributed by atoms with Gasteiger partial charge in [0.2, 0.25) is 0 Å². The number of carbonyl (C=O) groups is 1. The first-order chi connectivity index (χ1) is 12.0. The van der Waals surface area contributed by atoms with E-state index >= 15 is 0 Å². The highest BCUT2D eigenvalue weighted by Crippen LogP contribution is 2.48. The SMILES string of the molecule is COc1cc(OC)c2c(c1Br)CN(C(C)c1ccc(Cl)cc1)C2C=O. The Kier molecular flexibility index (Phi) is 5.37. The molecule has 1 aliphatic heterocycles. The summed E-state index contributed by atoms with van der Waals surface area (Å²) in [6, 6.07) is 9.20. The normalized spacial score (nSPS) is 17.9. The first-order valence-corrected chi connectivity index (χ1v) is 9.08. The number of carbonyl (C=O) groups excluding carboxylic acids is 1. The van der Waals surface area contributed by atoms with Gasteiger partial charge in [-0.05, 0) is 46.1 Å². The van der Waals surface area contributed by atoms with E-state index in [2.05, 4.69) is 27.8 Å². The highest BCUT2D eigenvalue weighted by molar-refractivity contribution is 9.10. The van der Waals surface area contributed by atoms with Crippen LogP contribution in [0.2, 0.25) is 5.02 Å². The highest BCUT2D eigenvalue weighted by atomic mass is 79.9. The monoisotopic (exact) mass is 423 g/mol. The maximum absolute atomic E-state index is 11.9. The fourth-order valence-electron chi connectivity index (χ4n) is 3.38. The summed E-state index contributed by atoms with van der Waals surface area (Å²) in [7, 11) is 3.22. The molecule has 0 saturated carbocycles. The number of fused-ring (bicyclic) bond motifs is 1. The number of aldehydes is 1. The van der Waals surface area contributed by atoms with Crippen molar-refractivity contribution in [1.29, 1.82) is 0 Å². The Hall–Kier alpha value is -1.56. The van der Waals surface area contributed by atoms with Gasteiger partial charge in [0, 0.05) is 29.2 Å². The zero-order valence-corrected chi connectivity index (χ0v) is 16.6. The van der Waals surface area contributed by atoms with Crippen LogP contribution >= 0.6 is 27.5 Å². The number of benzene rings is 2. The second-order valence-electron chi connectivity index (χ2n) is 5.97. The Bertz CT molecular complexity index is 794. The van der Waals surface area contributed by atoms with Crippen LogP contribution in [0.1, 0.15) is 35.7 Å². The maximum atomic E-state index is 11.9. The van der Waals surface area contributed by atoms with E-state index in [9.17, 15) is 4.79 Å². The van der Waals surface area contributed by atoms with Gasteiger partial charge in [0.25, 0.3) is 0 Å². The summed E-state index contributed by atoms with van der Waals surface area (Å²) in [5.41, 5.74) is 3.02. The molecular formula is C19H19BrClNO3. The third-order valence-electron chi connectivity index (χ3n) is 4.75. The highest BCUT2D eigenvalue weighted by Gasteiger charge is 2.38. The van der Waals surface area contributed by atoms with Crippen LogP contribution in [0.15, 0.2) is 34.8 Å². The molecule has 0 aromatic heterocycles. The number of hydrogen-bond acceptors (Lipinski definition) is 4. The van der Waals surface area contributed by atoms with Crippen molar-refractivity contribution in [3.8, 4) is 11.5 Å². The van der Waals surface area contributed by atoms with Crippen LogP contribution < -0.4 is 9.47 Å². The molecule has 2 unspecified atom stereocenters. The summed E-state index contributed by atoms with van der Waals surface area (Å²) in [6.45, 7) is 2.71. The summed E-state index contributed by atoms with van der Waals surface area (Å²) in [4.78, 5) is 14.1. The first-order valence-electron chi connectivity index (χ1n) is 7.91. The van der Waals surface area contributed by atoms with Crippen molar-refractivity contribution in [3.63, 3.8) is 0 Å². The molecule has 2 aromatic carbocycles. The smallest absolute Gasteiger partial charge is 0.141 e. The fourth-order valence-corrected chi connectivity index (χ4v) is 4.12. The number of methoxy groups -OCH3 is 2. The van der Waals surface area contributed by atoms with Gasteiger partial charge in [0.15, 0.2) is 0 Å². The van der Waals surface area contributed by atoms with Gasteiger partial charge in [0.05, 0.1) is 24.7 Å². The molecule has 0 aliphatic carbocycles. The van der Waals surface area contributed by atoms with Gasteiger partial charge in [0.1, 0.15) is 17.8 Å². The van der Waals surface area contributed by atoms with Crippen molar-refractivity contribution in [2.45, 2.75) is 25.6 Å². The minimum absolute atomic E-state index is 0.0440. The predicted octanol–water partition coefficient (Wildman–Crippen LogP) is 4.94. The van der Waals surface area contributed by atoms with Crippen molar-refractivity contribution in [2.24, 2.45) is 0 Å². The average molecular weight is 425 g/mol. The Morgan fingerprint density at radius 2 is 1.88 bits per heavy atom. The molecule has 2 atom stereocenters. The third-order valence-corrected chi connectivity index (χ3v) is 5.87. The second kappa shape index (κ2) is 7.36. The lowest BCUT2D eigenvalue weighted by Gasteiger charge is -2.28. The van der Waals surface area contributed by atoms with Crippen LogP contribution in [-0.4, -0.2) is 25.4 Å². The molecule has 3 rings (SSSR count). The van der Waals surface area contributed by atoms with Gasteiger partial charge in [-0.2, -0.15) is 0 Å². The average Bonchev–Trinajstić information content (AvgIpc) is 3.02. The van der Waals surface area contributed by atoms with Crippen LogP contribution in [0, 0.1) is 0 Å². The molecule has 0 fully saturated rings. The van der Waals surface area contributed by atoms with Gasteiger partial charge in [-0.15, -0.1) is 0 Å². The number of halogens is 2. The van der Waals surface area contributed by atoms with E-state index in [1.165, 1.54) is 0 Å². The molecule has 0 saturated heterocycles. The summed E-state index contributed by atoms with van der Waals surface area (Å²) >= 11 is 9.61. The lowest BCUT2D eigenvalue weighted by atomic mass is 10.0. The molecule has 6 heteroatoms. The molecular weight excluding hydrogens is 406 g/mol. The van der Waals surface area contributed by atoms with Gasteiger partial charge in [-0.3, -0.25) is 4.90 Å². The minimum Gasteiger partial charge on any atom is -0.496 e. The summed E-state index contributed by atoms with van der Waals surface area (Å²) in [5, 5.41) is 0.696. The van der Waals surface area contributed by atoms with Crippen LogP contribution in [0.5, 0.6) is 11.5 Å². The molecule has 0 spiro atoms. The van der Waals surface area contributed by atoms with Crippen LogP contribution in [0.25, 0.3) is 0 Å². The van der Waals surface area contributed by atoms with E-state index in [0.717, 1.165) is 27.4 Å². The second-order valence-corrected chi connectivity index (χ2v) is 7.20. The van der Waals surface area contributed by atoms with E-state index in [-0.39, 0.29) is 12.1 Å². The number of rotatable bonds is 5. The van der Waals surface area contributed by atoms with Gasteiger partial charge in [-0.1, -0.05) is 23.7 Å². The van der Waals surface area contributed by atoms with Crippen molar-refractivity contribution in [2.75, 3.05) is 14.2 Å². The van der Waals surface area contributed by atoms with E-state index in [0.29, 0.717) is 23.1 Å². The van der Waals surface area contributed by atoms with Crippen LogP contribution in [0.4, 0.5) is 0 Å². The zero-order valence-electron chi connectivity index (χ0n) is 14.3. The zero-order chi connectivity index (χ0) is 18.1. The van der Waals surface area contributed by atoms with E-state index in [1.807, 2.05) is 30.3 Å². The van der Waals surface area contributed by atoms with Gasteiger partial charge < -0.3 is 14.3 Å². The molecule has 0 amide bonds. The van der Waals surface area contributed by atoms with E-state index < -0.39 is 0 Å². The molecule has 0 N–H and O–H groups in total. The predicted molar refractivity (Wildman–Crippen MR) is 101 cm³/mol. The fraction of sp³-hybridized carbons (Fsp3) is 0.316. The van der Waals surface area contributed by atoms with Crippen molar-refractivity contribution < 1.29 is 14.3 Å². The van der Waals surface area contributed by atoms with Crippen molar-refractivity contribution in [1.82, 2.24) is 4.90 Å². The summed E-state index contributed by atoms with van der Waals surface area (Å²) in [6.07, 6.45) is 0.972. The summed E-state index contributed by atoms with van der Waals surface area (Å²) in [5.74, 6) is 1.36. The Morgan fingerprint density at radius 1 is 1.24 bits per heavy atom.